The van der Waals surface area contributed by atoms with Crippen molar-refractivity contribution in [2.24, 2.45) is 5.18 Å². The van der Waals surface area contributed by atoms with Crippen LogP contribution in [0.1, 0.15) is 17.2 Å². The molecule has 1 heterocycles. The number of halogens is 1. The lowest BCUT2D eigenvalue weighted by atomic mass is 10.0. The van der Waals surface area contributed by atoms with Crippen molar-refractivity contribution in [1.29, 1.82) is 0 Å². The topological polar surface area (TPSA) is 42.3 Å². The number of nitroso groups, excluding NO2 is 1. The summed E-state index contributed by atoms with van der Waals surface area (Å²) in [4.78, 5) is 14.8. The van der Waals surface area contributed by atoms with E-state index in [0.717, 1.165) is 11.1 Å². The van der Waals surface area contributed by atoms with Gasteiger partial charge in [0, 0.05) is 11.8 Å². The van der Waals surface area contributed by atoms with Gasteiger partial charge in [-0.25, -0.2) is 4.98 Å². The summed E-state index contributed by atoms with van der Waals surface area (Å²) in [6, 6.07) is 12.2. The van der Waals surface area contributed by atoms with Gasteiger partial charge in [0.2, 0.25) is 0 Å². The van der Waals surface area contributed by atoms with Crippen LogP contribution in [0.2, 0.25) is 5.15 Å². The fourth-order valence-corrected chi connectivity index (χ4v) is 1.61. The molecule has 0 aliphatic rings. The average Bonchev–Trinajstić information content (AvgIpc) is 2.34. The minimum atomic E-state index is -0.522. The van der Waals surface area contributed by atoms with E-state index in [4.69, 9.17) is 11.6 Å². The smallest absolute Gasteiger partial charge is 0.143 e. The predicted octanol–water partition coefficient (Wildman–Crippen LogP) is 3.59. The van der Waals surface area contributed by atoms with Crippen LogP contribution >= 0.6 is 11.6 Å². The Bertz CT molecular complexity index is 470. The highest BCUT2D eigenvalue weighted by Gasteiger charge is 2.14. The van der Waals surface area contributed by atoms with Crippen molar-refractivity contribution in [3.63, 3.8) is 0 Å². The molecule has 0 aliphatic carbocycles. The fraction of sp³-hybridized carbons (Fsp3) is 0.0833. The van der Waals surface area contributed by atoms with Crippen LogP contribution in [-0.4, -0.2) is 4.98 Å². The third-order valence-electron chi connectivity index (χ3n) is 2.29. The molecule has 0 fully saturated rings. The summed E-state index contributed by atoms with van der Waals surface area (Å²) in [6.07, 6.45) is 1.57. The standard InChI is InChI=1S/C12H9ClN2O/c13-11-7-6-10(8-14-11)12(15-16)9-4-2-1-3-5-9/h1-8,12H. The molecule has 0 amide bonds. The number of rotatable bonds is 3. The molecule has 4 heteroatoms. The third kappa shape index (κ3) is 2.25. The first-order valence-corrected chi connectivity index (χ1v) is 5.18. The largest absolute Gasteiger partial charge is 0.244 e. The summed E-state index contributed by atoms with van der Waals surface area (Å²) < 4.78 is 0. The van der Waals surface area contributed by atoms with Crippen molar-refractivity contribution >= 4 is 11.6 Å². The number of benzene rings is 1. The lowest BCUT2D eigenvalue weighted by molar-refractivity contribution is 0.856. The van der Waals surface area contributed by atoms with Crippen LogP contribution in [-0.2, 0) is 0 Å². The van der Waals surface area contributed by atoms with Crippen molar-refractivity contribution < 1.29 is 0 Å². The average molecular weight is 233 g/mol. The SMILES string of the molecule is O=NC(c1ccccc1)c1ccc(Cl)nc1. The highest BCUT2D eigenvalue weighted by atomic mass is 35.5. The van der Waals surface area contributed by atoms with Gasteiger partial charge in [-0.2, -0.15) is 0 Å². The van der Waals surface area contributed by atoms with Gasteiger partial charge in [-0.15, -0.1) is 4.91 Å². The molecule has 0 N–H and O–H groups in total. The van der Waals surface area contributed by atoms with Gasteiger partial charge < -0.3 is 0 Å². The maximum atomic E-state index is 10.9. The summed E-state index contributed by atoms with van der Waals surface area (Å²) in [5.41, 5.74) is 1.59. The van der Waals surface area contributed by atoms with Gasteiger partial charge in [-0.1, -0.05) is 53.2 Å². The monoisotopic (exact) mass is 232 g/mol. The van der Waals surface area contributed by atoms with E-state index in [0.29, 0.717) is 5.15 Å². The van der Waals surface area contributed by atoms with E-state index in [-0.39, 0.29) is 0 Å². The highest BCUT2D eigenvalue weighted by Crippen LogP contribution is 2.25. The summed E-state index contributed by atoms with van der Waals surface area (Å²) in [6.45, 7) is 0. The maximum Gasteiger partial charge on any atom is 0.143 e. The van der Waals surface area contributed by atoms with Crippen LogP contribution in [0.5, 0.6) is 0 Å². The Hall–Kier alpha value is -1.74. The summed E-state index contributed by atoms with van der Waals surface area (Å²) in [7, 11) is 0. The first kappa shape index (κ1) is 10.8. The van der Waals surface area contributed by atoms with E-state index >= 15 is 0 Å². The van der Waals surface area contributed by atoms with Crippen LogP contribution in [0.25, 0.3) is 0 Å². The van der Waals surface area contributed by atoms with Gasteiger partial charge in [-0.3, -0.25) is 0 Å². The van der Waals surface area contributed by atoms with E-state index < -0.39 is 6.04 Å². The van der Waals surface area contributed by atoms with E-state index in [1.807, 2.05) is 30.3 Å². The van der Waals surface area contributed by atoms with Crippen molar-refractivity contribution in [2.75, 3.05) is 0 Å². The predicted molar refractivity (Wildman–Crippen MR) is 63.3 cm³/mol. The van der Waals surface area contributed by atoms with Crippen molar-refractivity contribution in [2.45, 2.75) is 6.04 Å². The molecule has 16 heavy (non-hydrogen) atoms. The second-order valence-corrected chi connectivity index (χ2v) is 3.72. The quantitative estimate of drug-likeness (QED) is 0.600. The zero-order valence-electron chi connectivity index (χ0n) is 8.38. The van der Waals surface area contributed by atoms with Gasteiger partial charge in [0.15, 0.2) is 0 Å². The second-order valence-electron chi connectivity index (χ2n) is 3.33. The minimum Gasteiger partial charge on any atom is -0.244 e. The Morgan fingerprint density at radius 1 is 1.06 bits per heavy atom. The molecule has 2 rings (SSSR count). The molecule has 80 valence electrons. The lowest BCUT2D eigenvalue weighted by Crippen LogP contribution is -1.97. The number of hydrogen-bond acceptors (Lipinski definition) is 3. The molecule has 0 spiro atoms. The zero-order chi connectivity index (χ0) is 11.4. The van der Waals surface area contributed by atoms with E-state index in [9.17, 15) is 4.91 Å². The normalized spacial score (nSPS) is 12.1. The second kappa shape index (κ2) is 4.86. The summed E-state index contributed by atoms with van der Waals surface area (Å²) >= 11 is 5.69. The first-order valence-electron chi connectivity index (χ1n) is 4.80. The first-order chi connectivity index (χ1) is 7.81. The Labute approximate surface area is 98.1 Å². The molecule has 1 unspecified atom stereocenters. The molecule has 0 saturated carbocycles. The molecule has 0 radical (unpaired) electrons. The van der Waals surface area contributed by atoms with Crippen molar-refractivity contribution in [3.8, 4) is 0 Å². The Kier molecular flexibility index (Phi) is 3.27. The van der Waals surface area contributed by atoms with Crippen LogP contribution in [0, 0.1) is 4.91 Å². The molecule has 0 bridgehead atoms. The Morgan fingerprint density at radius 3 is 2.38 bits per heavy atom. The molecule has 1 atom stereocenters. The maximum absolute atomic E-state index is 10.9. The Morgan fingerprint density at radius 2 is 1.81 bits per heavy atom. The number of nitrogens with zero attached hydrogens (tertiary/aromatic N) is 2. The number of aromatic nitrogens is 1. The van der Waals surface area contributed by atoms with Crippen LogP contribution in [0.15, 0.2) is 53.8 Å². The van der Waals surface area contributed by atoms with Crippen LogP contribution < -0.4 is 0 Å². The molecule has 1 aromatic carbocycles. The zero-order valence-corrected chi connectivity index (χ0v) is 9.13. The van der Waals surface area contributed by atoms with E-state index in [1.165, 1.54) is 0 Å². The number of pyridine rings is 1. The molecular formula is C12H9ClN2O. The van der Waals surface area contributed by atoms with Crippen LogP contribution in [0.4, 0.5) is 0 Å². The number of hydrogen-bond donors (Lipinski definition) is 0. The van der Waals surface area contributed by atoms with Gasteiger partial charge in [0.25, 0.3) is 0 Å². The molecule has 0 aliphatic heterocycles. The molecule has 1 aromatic heterocycles. The molecule has 0 saturated heterocycles. The summed E-state index contributed by atoms with van der Waals surface area (Å²) in [5, 5.41) is 3.53. The van der Waals surface area contributed by atoms with Gasteiger partial charge >= 0.3 is 0 Å². The third-order valence-corrected chi connectivity index (χ3v) is 2.51. The van der Waals surface area contributed by atoms with Crippen molar-refractivity contribution in [3.05, 3.63) is 69.8 Å². The lowest BCUT2D eigenvalue weighted by Gasteiger charge is -2.08. The van der Waals surface area contributed by atoms with E-state index in [1.54, 1.807) is 18.3 Å². The molecule has 3 nitrogen and oxygen atoms in total. The van der Waals surface area contributed by atoms with Gasteiger partial charge in [-0.05, 0) is 11.6 Å². The summed E-state index contributed by atoms with van der Waals surface area (Å²) in [5.74, 6) is 0. The minimum absolute atomic E-state index is 0.404. The van der Waals surface area contributed by atoms with E-state index in [2.05, 4.69) is 10.2 Å². The fourth-order valence-electron chi connectivity index (χ4n) is 1.50. The van der Waals surface area contributed by atoms with Gasteiger partial charge in [0.1, 0.15) is 11.2 Å². The van der Waals surface area contributed by atoms with Crippen LogP contribution in [0.3, 0.4) is 0 Å². The van der Waals surface area contributed by atoms with Gasteiger partial charge in [0.05, 0.1) is 0 Å². The Balaban J connectivity index is 2.37. The van der Waals surface area contributed by atoms with Crippen molar-refractivity contribution in [1.82, 2.24) is 4.98 Å². The molecule has 2 aromatic rings. The highest BCUT2D eigenvalue weighted by molar-refractivity contribution is 6.29. The molecular weight excluding hydrogens is 224 g/mol.